The third kappa shape index (κ3) is 10.2. The normalized spacial score (nSPS) is 11.6. The zero-order valence-electron chi connectivity index (χ0n) is 11.4. The highest BCUT2D eigenvalue weighted by atomic mass is 15.1. The Balaban J connectivity index is 3.53. The number of hydrogen-bond acceptors (Lipinski definition) is 1. The summed E-state index contributed by atoms with van der Waals surface area (Å²) in [7, 11) is 0. The predicted molar refractivity (Wildman–Crippen MR) is 70.3 cm³/mol. The Morgan fingerprint density at radius 3 is 2.00 bits per heavy atom. The first-order chi connectivity index (χ1) is 7.20. The monoisotopic (exact) mass is 213 g/mol. The molecule has 0 aliphatic heterocycles. The van der Waals surface area contributed by atoms with Crippen LogP contribution >= 0.6 is 0 Å². The zero-order chi connectivity index (χ0) is 11.5. The van der Waals surface area contributed by atoms with Crippen molar-refractivity contribution in [2.45, 2.75) is 66.2 Å². The second-order valence-electron chi connectivity index (χ2n) is 5.08. The maximum Gasteiger partial charge on any atom is -0.00186 e. The summed E-state index contributed by atoms with van der Waals surface area (Å²) >= 11 is 0. The van der Waals surface area contributed by atoms with Crippen molar-refractivity contribution in [1.29, 1.82) is 0 Å². The quantitative estimate of drug-likeness (QED) is 0.488. The topological polar surface area (TPSA) is 3.24 Å². The molecule has 92 valence electrons. The van der Waals surface area contributed by atoms with Crippen molar-refractivity contribution in [2.24, 2.45) is 5.92 Å². The molecule has 0 saturated carbocycles. The van der Waals surface area contributed by atoms with E-state index < -0.39 is 0 Å². The van der Waals surface area contributed by atoms with E-state index in [1.165, 1.54) is 58.2 Å². The van der Waals surface area contributed by atoms with Crippen LogP contribution in [0, 0.1) is 5.92 Å². The maximum atomic E-state index is 2.65. The summed E-state index contributed by atoms with van der Waals surface area (Å²) in [5.74, 6) is 0.865. The predicted octanol–water partition coefficient (Wildman–Crippen LogP) is 4.32. The molecule has 0 atom stereocenters. The highest BCUT2D eigenvalue weighted by Gasteiger charge is 2.03. The standard InChI is InChI=1S/C14H31N/c1-5-7-8-12-15(11-6-2)13-9-10-14(3)4/h14H,5-13H2,1-4H3. The van der Waals surface area contributed by atoms with Crippen LogP contribution < -0.4 is 0 Å². The average Bonchev–Trinajstić information content (AvgIpc) is 2.17. The molecule has 0 rings (SSSR count). The van der Waals surface area contributed by atoms with Crippen molar-refractivity contribution in [3.05, 3.63) is 0 Å². The lowest BCUT2D eigenvalue weighted by Gasteiger charge is -2.21. The first kappa shape index (κ1) is 15.0. The minimum absolute atomic E-state index is 0.865. The van der Waals surface area contributed by atoms with Crippen LogP contribution in [-0.2, 0) is 0 Å². The van der Waals surface area contributed by atoms with Crippen LogP contribution in [0.4, 0.5) is 0 Å². The van der Waals surface area contributed by atoms with Crippen LogP contribution in [-0.4, -0.2) is 24.5 Å². The maximum absolute atomic E-state index is 2.65. The minimum Gasteiger partial charge on any atom is -0.303 e. The molecule has 0 N–H and O–H groups in total. The highest BCUT2D eigenvalue weighted by molar-refractivity contribution is 4.58. The van der Waals surface area contributed by atoms with E-state index >= 15 is 0 Å². The Labute approximate surface area is 97.2 Å². The Morgan fingerprint density at radius 1 is 0.800 bits per heavy atom. The molecule has 0 aliphatic rings. The lowest BCUT2D eigenvalue weighted by atomic mass is 10.1. The Bertz CT molecular complexity index is 121. The van der Waals surface area contributed by atoms with Gasteiger partial charge in [-0.3, -0.25) is 0 Å². The second-order valence-corrected chi connectivity index (χ2v) is 5.08. The van der Waals surface area contributed by atoms with Gasteiger partial charge in [0.2, 0.25) is 0 Å². The van der Waals surface area contributed by atoms with E-state index in [9.17, 15) is 0 Å². The fourth-order valence-electron chi connectivity index (χ4n) is 1.96. The second kappa shape index (κ2) is 10.5. The molecule has 0 fully saturated rings. The van der Waals surface area contributed by atoms with E-state index in [1.807, 2.05) is 0 Å². The van der Waals surface area contributed by atoms with Gasteiger partial charge in [0.1, 0.15) is 0 Å². The van der Waals surface area contributed by atoms with Gasteiger partial charge < -0.3 is 4.90 Å². The molecule has 0 bridgehead atoms. The molecule has 0 heterocycles. The van der Waals surface area contributed by atoms with Gasteiger partial charge in [-0.1, -0.05) is 40.5 Å². The fourth-order valence-corrected chi connectivity index (χ4v) is 1.96. The van der Waals surface area contributed by atoms with Crippen molar-refractivity contribution in [1.82, 2.24) is 4.90 Å². The van der Waals surface area contributed by atoms with Gasteiger partial charge >= 0.3 is 0 Å². The summed E-state index contributed by atoms with van der Waals surface area (Å²) in [4.78, 5) is 2.65. The van der Waals surface area contributed by atoms with E-state index in [1.54, 1.807) is 0 Å². The molecule has 0 spiro atoms. The smallest absolute Gasteiger partial charge is 0.00186 e. The van der Waals surface area contributed by atoms with Crippen LogP contribution in [0.2, 0.25) is 0 Å². The highest BCUT2D eigenvalue weighted by Crippen LogP contribution is 2.06. The van der Waals surface area contributed by atoms with Crippen LogP contribution in [0.3, 0.4) is 0 Å². The van der Waals surface area contributed by atoms with Crippen LogP contribution in [0.15, 0.2) is 0 Å². The number of rotatable bonds is 10. The molecular formula is C14H31N. The first-order valence-corrected chi connectivity index (χ1v) is 6.93. The van der Waals surface area contributed by atoms with Crippen molar-refractivity contribution >= 4 is 0 Å². The SMILES string of the molecule is CCCCCN(CCC)CCCC(C)C. The summed E-state index contributed by atoms with van der Waals surface area (Å²) < 4.78 is 0. The Kier molecular flexibility index (Phi) is 10.4. The first-order valence-electron chi connectivity index (χ1n) is 6.93. The van der Waals surface area contributed by atoms with Crippen molar-refractivity contribution in [2.75, 3.05) is 19.6 Å². The molecule has 0 unspecified atom stereocenters. The van der Waals surface area contributed by atoms with Gasteiger partial charge in [-0.2, -0.15) is 0 Å². The van der Waals surface area contributed by atoms with E-state index in [4.69, 9.17) is 0 Å². The largest absolute Gasteiger partial charge is 0.303 e. The van der Waals surface area contributed by atoms with E-state index in [2.05, 4.69) is 32.6 Å². The van der Waals surface area contributed by atoms with Crippen LogP contribution in [0.1, 0.15) is 66.2 Å². The molecule has 0 aromatic carbocycles. The molecule has 0 amide bonds. The van der Waals surface area contributed by atoms with E-state index in [0.29, 0.717) is 0 Å². The van der Waals surface area contributed by atoms with Gasteiger partial charge in [-0.25, -0.2) is 0 Å². The third-order valence-corrected chi connectivity index (χ3v) is 2.87. The van der Waals surface area contributed by atoms with Gasteiger partial charge in [-0.05, 0) is 51.2 Å². The zero-order valence-corrected chi connectivity index (χ0v) is 11.4. The van der Waals surface area contributed by atoms with E-state index in [-0.39, 0.29) is 0 Å². The third-order valence-electron chi connectivity index (χ3n) is 2.87. The van der Waals surface area contributed by atoms with Gasteiger partial charge in [0.05, 0.1) is 0 Å². The summed E-state index contributed by atoms with van der Waals surface area (Å²) in [5, 5.41) is 0. The van der Waals surface area contributed by atoms with Gasteiger partial charge in [0.15, 0.2) is 0 Å². The molecular weight excluding hydrogens is 182 g/mol. The molecule has 0 saturated heterocycles. The molecule has 1 heteroatoms. The summed E-state index contributed by atoms with van der Waals surface area (Å²) in [6.45, 7) is 13.1. The molecule has 0 aromatic rings. The fraction of sp³-hybridized carbons (Fsp3) is 1.00. The lowest BCUT2D eigenvalue weighted by Crippen LogP contribution is -2.27. The van der Waals surface area contributed by atoms with Gasteiger partial charge in [-0.15, -0.1) is 0 Å². The van der Waals surface area contributed by atoms with Crippen LogP contribution in [0.5, 0.6) is 0 Å². The molecule has 15 heavy (non-hydrogen) atoms. The Morgan fingerprint density at radius 2 is 1.47 bits per heavy atom. The number of unbranched alkanes of at least 4 members (excludes halogenated alkanes) is 2. The summed E-state index contributed by atoms with van der Waals surface area (Å²) in [5.41, 5.74) is 0. The van der Waals surface area contributed by atoms with Gasteiger partial charge in [0, 0.05) is 0 Å². The Hall–Kier alpha value is -0.0400. The van der Waals surface area contributed by atoms with Crippen molar-refractivity contribution < 1.29 is 0 Å². The minimum atomic E-state index is 0.865. The lowest BCUT2D eigenvalue weighted by molar-refractivity contribution is 0.258. The molecule has 1 nitrogen and oxygen atoms in total. The van der Waals surface area contributed by atoms with Crippen LogP contribution in [0.25, 0.3) is 0 Å². The average molecular weight is 213 g/mol. The summed E-state index contributed by atoms with van der Waals surface area (Å²) in [6, 6.07) is 0. The molecule has 0 aromatic heterocycles. The number of hydrogen-bond donors (Lipinski definition) is 0. The summed E-state index contributed by atoms with van der Waals surface area (Å²) in [6.07, 6.45) is 8.18. The van der Waals surface area contributed by atoms with E-state index in [0.717, 1.165) is 5.92 Å². The molecule has 0 aliphatic carbocycles. The molecule has 0 radical (unpaired) electrons. The van der Waals surface area contributed by atoms with Crippen molar-refractivity contribution in [3.8, 4) is 0 Å². The van der Waals surface area contributed by atoms with Gasteiger partial charge in [0.25, 0.3) is 0 Å². The van der Waals surface area contributed by atoms with Crippen molar-refractivity contribution in [3.63, 3.8) is 0 Å². The number of nitrogens with zero attached hydrogens (tertiary/aromatic N) is 1.